The summed E-state index contributed by atoms with van der Waals surface area (Å²) in [4.78, 5) is 29.8. The lowest BCUT2D eigenvalue weighted by molar-refractivity contribution is 0.0772. The fourth-order valence-electron chi connectivity index (χ4n) is 1.86. The molecule has 20 heavy (non-hydrogen) atoms. The molecule has 1 aromatic heterocycles. The van der Waals surface area contributed by atoms with E-state index in [0.29, 0.717) is 30.8 Å². The minimum Gasteiger partial charge on any atom is -0.352 e. The molecule has 1 rings (SSSR count). The monoisotopic (exact) mass is 277 g/mol. The lowest BCUT2D eigenvalue weighted by atomic mass is 10.1. The Hall–Kier alpha value is -1.91. The van der Waals surface area contributed by atoms with Crippen LogP contribution in [0.1, 0.15) is 54.3 Å². The van der Waals surface area contributed by atoms with E-state index in [-0.39, 0.29) is 11.8 Å². The molecule has 5 heteroatoms. The van der Waals surface area contributed by atoms with Gasteiger partial charge in [0.1, 0.15) is 0 Å². The summed E-state index contributed by atoms with van der Waals surface area (Å²) in [5, 5.41) is 2.82. The van der Waals surface area contributed by atoms with Gasteiger partial charge < -0.3 is 10.2 Å². The second-order valence-electron chi connectivity index (χ2n) is 4.55. The third kappa shape index (κ3) is 4.33. The van der Waals surface area contributed by atoms with Gasteiger partial charge in [0.15, 0.2) is 0 Å². The summed E-state index contributed by atoms with van der Waals surface area (Å²) in [6.07, 6.45) is 4.96. The summed E-state index contributed by atoms with van der Waals surface area (Å²) in [6.45, 7) is 7.84. The molecular formula is C15H23N3O2. The summed E-state index contributed by atoms with van der Waals surface area (Å²) >= 11 is 0. The molecule has 0 aliphatic rings. The van der Waals surface area contributed by atoms with Crippen molar-refractivity contribution in [2.24, 2.45) is 0 Å². The summed E-state index contributed by atoms with van der Waals surface area (Å²) < 4.78 is 0. The molecule has 0 saturated carbocycles. The summed E-state index contributed by atoms with van der Waals surface area (Å²) in [5.74, 6) is -0.272. The Morgan fingerprint density at radius 1 is 1.15 bits per heavy atom. The Labute approximate surface area is 120 Å². The van der Waals surface area contributed by atoms with E-state index in [1.54, 1.807) is 11.0 Å². The van der Waals surface area contributed by atoms with Crippen molar-refractivity contribution in [2.45, 2.75) is 33.6 Å². The van der Waals surface area contributed by atoms with E-state index in [1.165, 1.54) is 12.4 Å². The highest BCUT2D eigenvalue weighted by Gasteiger charge is 2.15. The predicted octanol–water partition coefficient (Wildman–Crippen LogP) is 2.09. The van der Waals surface area contributed by atoms with Gasteiger partial charge in [-0.1, -0.05) is 13.3 Å². The van der Waals surface area contributed by atoms with Crippen molar-refractivity contribution >= 4 is 11.8 Å². The van der Waals surface area contributed by atoms with Gasteiger partial charge in [-0.25, -0.2) is 0 Å². The Morgan fingerprint density at radius 2 is 1.80 bits per heavy atom. The number of carbonyl (C=O) groups excluding carboxylic acids is 2. The van der Waals surface area contributed by atoms with Crippen LogP contribution in [0.4, 0.5) is 0 Å². The molecule has 1 heterocycles. The van der Waals surface area contributed by atoms with Crippen molar-refractivity contribution in [3.05, 3.63) is 29.6 Å². The summed E-state index contributed by atoms with van der Waals surface area (Å²) in [5.41, 5.74) is 0.885. The summed E-state index contributed by atoms with van der Waals surface area (Å²) in [7, 11) is 0. The zero-order valence-corrected chi connectivity index (χ0v) is 12.5. The molecule has 0 unspecified atom stereocenters. The molecule has 0 saturated heterocycles. The molecule has 0 atom stereocenters. The molecule has 0 aromatic carbocycles. The van der Waals surface area contributed by atoms with Crippen molar-refractivity contribution in [2.75, 3.05) is 19.6 Å². The Kier molecular flexibility index (Phi) is 6.70. The fourth-order valence-corrected chi connectivity index (χ4v) is 1.86. The minimum atomic E-state index is -0.180. The first-order valence-corrected chi connectivity index (χ1v) is 7.16. The molecule has 1 aromatic rings. The number of nitrogens with zero attached hydrogens (tertiary/aromatic N) is 2. The van der Waals surface area contributed by atoms with E-state index in [1.807, 2.05) is 13.8 Å². The molecule has 0 aliphatic carbocycles. The highest BCUT2D eigenvalue weighted by Crippen LogP contribution is 2.07. The van der Waals surface area contributed by atoms with Gasteiger partial charge in [0, 0.05) is 32.0 Å². The lowest BCUT2D eigenvalue weighted by Crippen LogP contribution is -2.31. The maximum atomic E-state index is 12.2. The van der Waals surface area contributed by atoms with Gasteiger partial charge >= 0.3 is 0 Å². The maximum Gasteiger partial charge on any atom is 0.255 e. The van der Waals surface area contributed by atoms with Gasteiger partial charge in [-0.3, -0.25) is 14.6 Å². The molecule has 110 valence electrons. The zero-order chi connectivity index (χ0) is 15.0. The Bertz CT molecular complexity index is 456. The van der Waals surface area contributed by atoms with Gasteiger partial charge in [-0.05, 0) is 26.3 Å². The van der Waals surface area contributed by atoms with Crippen LogP contribution in [0.25, 0.3) is 0 Å². The second-order valence-corrected chi connectivity index (χ2v) is 4.55. The van der Waals surface area contributed by atoms with Crippen LogP contribution in [-0.2, 0) is 0 Å². The van der Waals surface area contributed by atoms with E-state index in [4.69, 9.17) is 0 Å². The highest BCUT2D eigenvalue weighted by atomic mass is 16.2. The molecule has 2 amide bonds. The van der Waals surface area contributed by atoms with Gasteiger partial charge in [-0.2, -0.15) is 0 Å². The molecule has 1 N–H and O–H groups in total. The first-order chi connectivity index (χ1) is 9.63. The van der Waals surface area contributed by atoms with E-state index in [2.05, 4.69) is 17.2 Å². The third-order valence-electron chi connectivity index (χ3n) is 3.11. The van der Waals surface area contributed by atoms with Gasteiger partial charge in [-0.15, -0.1) is 0 Å². The van der Waals surface area contributed by atoms with Crippen molar-refractivity contribution in [3.63, 3.8) is 0 Å². The van der Waals surface area contributed by atoms with E-state index < -0.39 is 0 Å². The van der Waals surface area contributed by atoms with Gasteiger partial charge in [0.2, 0.25) is 0 Å². The molecule has 0 aliphatic heterocycles. The first-order valence-electron chi connectivity index (χ1n) is 7.16. The number of pyridine rings is 1. The number of hydrogen-bond acceptors (Lipinski definition) is 3. The number of aromatic nitrogens is 1. The van der Waals surface area contributed by atoms with Crippen LogP contribution in [-0.4, -0.2) is 41.3 Å². The largest absolute Gasteiger partial charge is 0.352 e. The van der Waals surface area contributed by atoms with Crippen molar-refractivity contribution in [1.82, 2.24) is 15.2 Å². The maximum absolute atomic E-state index is 12.2. The smallest absolute Gasteiger partial charge is 0.255 e. The van der Waals surface area contributed by atoms with Crippen LogP contribution in [0.2, 0.25) is 0 Å². The number of rotatable bonds is 7. The Balaban J connectivity index is 2.79. The van der Waals surface area contributed by atoms with Crippen LogP contribution in [0, 0.1) is 0 Å². The minimum absolute atomic E-state index is 0.0919. The van der Waals surface area contributed by atoms with Crippen LogP contribution < -0.4 is 5.32 Å². The van der Waals surface area contributed by atoms with E-state index in [0.717, 1.165) is 12.8 Å². The molecule has 0 radical (unpaired) electrons. The number of amides is 2. The second kappa shape index (κ2) is 8.30. The van der Waals surface area contributed by atoms with E-state index >= 15 is 0 Å². The molecular weight excluding hydrogens is 254 g/mol. The summed E-state index contributed by atoms with van der Waals surface area (Å²) in [6, 6.07) is 1.61. The topological polar surface area (TPSA) is 62.3 Å². The average Bonchev–Trinajstić information content (AvgIpc) is 2.48. The van der Waals surface area contributed by atoms with Gasteiger partial charge in [0.05, 0.1) is 11.1 Å². The van der Waals surface area contributed by atoms with Crippen LogP contribution in [0.15, 0.2) is 18.5 Å². The van der Waals surface area contributed by atoms with Crippen LogP contribution in [0.5, 0.6) is 0 Å². The number of carbonyl (C=O) groups is 2. The SMILES string of the molecule is CCCCNC(=O)c1cncc(C(=O)N(CC)CC)c1. The van der Waals surface area contributed by atoms with Gasteiger partial charge in [0.25, 0.3) is 11.8 Å². The standard InChI is InChI=1S/C15H23N3O2/c1-4-7-8-17-14(19)12-9-13(11-16-10-12)15(20)18(5-2)6-3/h9-11H,4-8H2,1-3H3,(H,17,19). The molecule has 5 nitrogen and oxygen atoms in total. The first kappa shape index (κ1) is 16.1. The van der Waals surface area contributed by atoms with Crippen molar-refractivity contribution < 1.29 is 9.59 Å². The lowest BCUT2D eigenvalue weighted by Gasteiger charge is -2.18. The molecule has 0 fully saturated rings. The fraction of sp³-hybridized carbons (Fsp3) is 0.533. The quantitative estimate of drug-likeness (QED) is 0.776. The molecule has 0 spiro atoms. The van der Waals surface area contributed by atoms with Crippen LogP contribution in [0.3, 0.4) is 0 Å². The number of hydrogen-bond donors (Lipinski definition) is 1. The Morgan fingerprint density at radius 3 is 2.40 bits per heavy atom. The molecule has 0 bridgehead atoms. The average molecular weight is 277 g/mol. The third-order valence-corrected chi connectivity index (χ3v) is 3.11. The van der Waals surface area contributed by atoms with Crippen molar-refractivity contribution in [1.29, 1.82) is 0 Å². The normalized spacial score (nSPS) is 10.2. The highest BCUT2D eigenvalue weighted by molar-refractivity contribution is 5.99. The zero-order valence-electron chi connectivity index (χ0n) is 12.5. The predicted molar refractivity (Wildman–Crippen MR) is 78.7 cm³/mol. The van der Waals surface area contributed by atoms with Crippen molar-refractivity contribution in [3.8, 4) is 0 Å². The van der Waals surface area contributed by atoms with E-state index in [9.17, 15) is 9.59 Å². The van der Waals surface area contributed by atoms with Crippen LogP contribution >= 0.6 is 0 Å². The number of nitrogens with one attached hydrogen (secondary N) is 1. The number of unbranched alkanes of at least 4 members (excludes halogenated alkanes) is 1.